The molecule has 0 radical (unpaired) electrons. The molecular formula is C17H18BrN5. The Kier molecular flexibility index (Phi) is 5.02. The van der Waals surface area contributed by atoms with E-state index in [2.05, 4.69) is 48.4 Å². The fourth-order valence-electron chi connectivity index (χ4n) is 2.25. The highest BCUT2D eigenvalue weighted by molar-refractivity contribution is 9.10. The molecule has 6 heteroatoms. The van der Waals surface area contributed by atoms with Gasteiger partial charge in [0.15, 0.2) is 0 Å². The Labute approximate surface area is 143 Å². The summed E-state index contributed by atoms with van der Waals surface area (Å²) in [4.78, 5) is 13.1. The first-order valence-electron chi connectivity index (χ1n) is 7.63. The van der Waals surface area contributed by atoms with Crippen LogP contribution in [0.5, 0.6) is 0 Å². The lowest BCUT2D eigenvalue weighted by Crippen LogP contribution is -2.03. The second-order valence-corrected chi connectivity index (χ2v) is 6.14. The third-order valence-corrected chi connectivity index (χ3v) is 3.94. The van der Waals surface area contributed by atoms with E-state index in [1.165, 1.54) is 0 Å². The number of unbranched alkanes of at least 4 members (excludes halogenated alkanes) is 1. The number of fused-ring (bicyclic) bond motifs is 1. The Hall–Kier alpha value is -2.21. The van der Waals surface area contributed by atoms with E-state index in [9.17, 15) is 0 Å². The molecule has 1 aromatic carbocycles. The number of nitrogens with one attached hydrogen (secondary N) is 2. The van der Waals surface area contributed by atoms with E-state index in [4.69, 9.17) is 0 Å². The van der Waals surface area contributed by atoms with Crippen molar-refractivity contribution < 1.29 is 0 Å². The van der Waals surface area contributed by atoms with E-state index < -0.39 is 0 Å². The highest BCUT2D eigenvalue weighted by Gasteiger charge is 2.06. The Bertz CT molecular complexity index is 806. The van der Waals surface area contributed by atoms with Crippen molar-refractivity contribution in [3.05, 3.63) is 47.3 Å². The molecule has 0 unspecified atom stereocenters. The van der Waals surface area contributed by atoms with Crippen LogP contribution < -0.4 is 10.6 Å². The lowest BCUT2D eigenvalue weighted by atomic mass is 10.2. The van der Waals surface area contributed by atoms with Crippen LogP contribution >= 0.6 is 15.9 Å². The molecule has 0 spiro atoms. The first kappa shape index (κ1) is 15.7. The van der Waals surface area contributed by atoms with Crippen molar-refractivity contribution in [2.45, 2.75) is 19.8 Å². The quantitative estimate of drug-likeness (QED) is 0.612. The zero-order chi connectivity index (χ0) is 16.1. The fraction of sp³-hybridized carbons (Fsp3) is 0.235. The van der Waals surface area contributed by atoms with Crippen LogP contribution in [0.3, 0.4) is 0 Å². The zero-order valence-corrected chi connectivity index (χ0v) is 14.5. The lowest BCUT2D eigenvalue weighted by Gasteiger charge is -2.10. The summed E-state index contributed by atoms with van der Waals surface area (Å²) in [5, 5.41) is 7.63. The molecule has 2 aromatic heterocycles. The second-order valence-electron chi connectivity index (χ2n) is 5.22. The number of hydrogen-bond donors (Lipinski definition) is 2. The highest BCUT2D eigenvalue weighted by atomic mass is 79.9. The summed E-state index contributed by atoms with van der Waals surface area (Å²) >= 11 is 3.48. The number of rotatable bonds is 6. The van der Waals surface area contributed by atoms with Crippen molar-refractivity contribution >= 4 is 44.2 Å². The van der Waals surface area contributed by atoms with E-state index in [1.807, 2.05) is 30.3 Å². The van der Waals surface area contributed by atoms with Crippen LogP contribution in [-0.4, -0.2) is 21.5 Å². The molecule has 0 amide bonds. The second kappa shape index (κ2) is 7.37. The number of hydrogen-bond acceptors (Lipinski definition) is 5. The zero-order valence-electron chi connectivity index (χ0n) is 12.9. The van der Waals surface area contributed by atoms with Gasteiger partial charge in [0.05, 0.1) is 11.7 Å². The molecule has 0 aliphatic carbocycles. The van der Waals surface area contributed by atoms with Gasteiger partial charge in [0.2, 0.25) is 0 Å². The number of nitrogens with zero attached hydrogens (tertiary/aromatic N) is 3. The van der Waals surface area contributed by atoms with E-state index in [1.54, 1.807) is 12.5 Å². The first-order chi connectivity index (χ1) is 11.3. The fourth-order valence-corrected chi connectivity index (χ4v) is 2.65. The number of benzene rings is 1. The van der Waals surface area contributed by atoms with E-state index >= 15 is 0 Å². The van der Waals surface area contributed by atoms with Gasteiger partial charge in [-0.25, -0.2) is 15.0 Å². The molecule has 23 heavy (non-hydrogen) atoms. The molecule has 0 saturated carbocycles. The Morgan fingerprint density at radius 2 is 2.04 bits per heavy atom. The van der Waals surface area contributed by atoms with Gasteiger partial charge in [-0.1, -0.05) is 35.3 Å². The summed E-state index contributed by atoms with van der Waals surface area (Å²) in [5.74, 6) is 1.62. The maximum atomic E-state index is 4.40. The molecule has 0 atom stereocenters. The number of anilines is 3. The van der Waals surface area contributed by atoms with Crippen molar-refractivity contribution in [2.24, 2.45) is 0 Å². The van der Waals surface area contributed by atoms with Crippen LogP contribution in [0.15, 0.2) is 47.3 Å². The molecule has 118 valence electrons. The maximum Gasteiger partial charge on any atom is 0.141 e. The van der Waals surface area contributed by atoms with E-state index in [0.29, 0.717) is 0 Å². The van der Waals surface area contributed by atoms with Gasteiger partial charge in [-0.15, -0.1) is 0 Å². The third-order valence-electron chi connectivity index (χ3n) is 3.45. The Morgan fingerprint density at radius 1 is 1.13 bits per heavy atom. The average molecular weight is 372 g/mol. The first-order valence-corrected chi connectivity index (χ1v) is 8.43. The molecule has 0 fully saturated rings. The predicted octanol–water partition coefficient (Wildman–Crippen LogP) is 4.74. The minimum absolute atomic E-state index is 0.772. The van der Waals surface area contributed by atoms with Crippen LogP contribution in [0.25, 0.3) is 10.9 Å². The largest absolute Gasteiger partial charge is 0.370 e. The molecule has 5 nitrogen and oxygen atoms in total. The average Bonchev–Trinajstić information content (AvgIpc) is 2.56. The molecule has 0 bridgehead atoms. The van der Waals surface area contributed by atoms with E-state index in [-0.39, 0.29) is 0 Å². The maximum absolute atomic E-state index is 4.40. The van der Waals surface area contributed by atoms with Crippen molar-refractivity contribution in [3.63, 3.8) is 0 Å². The van der Waals surface area contributed by atoms with Crippen molar-refractivity contribution in [2.75, 3.05) is 17.2 Å². The van der Waals surface area contributed by atoms with Crippen molar-refractivity contribution in [3.8, 4) is 0 Å². The topological polar surface area (TPSA) is 62.7 Å². The molecule has 0 aliphatic heterocycles. The Morgan fingerprint density at radius 3 is 2.87 bits per heavy atom. The van der Waals surface area contributed by atoms with Gasteiger partial charge in [0.25, 0.3) is 0 Å². The lowest BCUT2D eigenvalue weighted by molar-refractivity contribution is 0.831. The van der Waals surface area contributed by atoms with Crippen LogP contribution in [0, 0.1) is 0 Å². The van der Waals surface area contributed by atoms with Gasteiger partial charge in [0, 0.05) is 22.1 Å². The Balaban J connectivity index is 1.91. The smallest absolute Gasteiger partial charge is 0.141 e. The monoisotopic (exact) mass is 371 g/mol. The van der Waals surface area contributed by atoms with Crippen LogP contribution in [-0.2, 0) is 0 Å². The molecule has 0 saturated heterocycles. The minimum atomic E-state index is 0.772. The van der Waals surface area contributed by atoms with Gasteiger partial charge >= 0.3 is 0 Å². The summed E-state index contributed by atoms with van der Waals surface area (Å²) in [5.41, 5.74) is 1.79. The highest BCUT2D eigenvalue weighted by Crippen LogP contribution is 2.25. The molecule has 2 N–H and O–H groups in total. The van der Waals surface area contributed by atoms with Gasteiger partial charge in [0.1, 0.15) is 18.0 Å². The molecule has 0 aliphatic rings. The molecule has 3 rings (SSSR count). The van der Waals surface area contributed by atoms with Gasteiger partial charge in [-0.05, 0) is 30.7 Å². The van der Waals surface area contributed by atoms with Gasteiger partial charge in [-0.2, -0.15) is 0 Å². The van der Waals surface area contributed by atoms with Gasteiger partial charge in [-0.3, -0.25) is 0 Å². The summed E-state index contributed by atoms with van der Waals surface area (Å²) in [6, 6.07) is 9.97. The number of aromatic nitrogens is 3. The summed E-state index contributed by atoms with van der Waals surface area (Å²) in [7, 11) is 0. The predicted molar refractivity (Wildman–Crippen MR) is 98.2 cm³/mol. The number of halogens is 1. The normalized spacial score (nSPS) is 10.7. The van der Waals surface area contributed by atoms with Crippen molar-refractivity contribution in [1.29, 1.82) is 0 Å². The SMILES string of the molecule is CCCCNc1cc2c(Nc3cccc(Br)c3)ncnc2cn1. The van der Waals surface area contributed by atoms with Gasteiger partial charge < -0.3 is 10.6 Å². The summed E-state index contributed by atoms with van der Waals surface area (Å²) < 4.78 is 1.02. The molecular weight excluding hydrogens is 354 g/mol. The summed E-state index contributed by atoms with van der Waals surface area (Å²) in [6.07, 6.45) is 5.60. The van der Waals surface area contributed by atoms with Crippen molar-refractivity contribution in [1.82, 2.24) is 15.0 Å². The molecule has 2 heterocycles. The summed E-state index contributed by atoms with van der Waals surface area (Å²) in [6.45, 7) is 3.08. The standard InChI is InChI=1S/C17H18BrN5/c1-2-3-7-19-16-9-14-15(10-20-16)21-11-22-17(14)23-13-6-4-5-12(18)8-13/h4-6,8-11H,2-3,7H2,1H3,(H,19,20)(H,21,22,23). The minimum Gasteiger partial charge on any atom is -0.370 e. The van der Waals surface area contributed by atoms with Crippen LogP contribution in [0.1, 0.15) is 19.8 Å². The molecule has 3 aromatic rings. The van der Waals surface area contributed by atoms with E-state index in [0.717, 1.165) is 52.1 Å². The van der Waals surface area contributed by atoms with Crippen LogP contribution in [0.4, 0.5) is 17.3 Å². The third kappa shape index (κ3) is 3.96. The van der Waals surface area contributed by atoms with Crippen LogP contribution in [0.2, 0.25) is 0 Å². The number of pyridine rings is 1.